The zero-order chi connectivity index (χ0) is 18.3. The molecule has 2 heterocycles. The third-order valence-corrected chi connectivity index (χ3v) is 5.18. The molecule has 6 nitrogen and oxygen atoms in total. The molecule has 0 bridgehead atoms. The summed E-state index contributed by atoms with van der Waals surface area (Å²) in [7, 11) is 1.87. The van der Waals surface area contributed by atoms with Gasteiger partial charge in [-0.25, -0.2) is 4.79 Å². The van der Waals surface area contributed by atoms with Crippen LogP contribution in [0.4, 0.5) is 0 Å². The summed E-state index contributed by atoms with van der Waals surface area (Å²) >= 11 is 0. The number of aromatic carboxylic acids is 1. The van der Waals surface area contributed by atoms with E-state index in [9.17, 15) is 14.7 Å². The monoisotopic (exact) mass is 341 g/mol. The molecule has 0 radical (unpaired) electrons. The molecule has 25 heavy (non-hydrogen) atoms. The molecule has 3 rings (SSSR count). The number of benzene rings is 1. The van der Waals surface area contributed by atoms with Gasteiger partial charge in [0, 0.05) is 31.4 Å². The van der Waals surface area contributed by atoms with E-state index in [0.29, 0.717) is 19.5 Å². The van der Waals surface area contributed by atoms with E-state index in [1.807, 2.05) is 33.9 Å². The minimum Gasteiger partial charge on any atom is -0.478 e. The summed E-state index contributed by atoms with van der Waals surface area (Å²) in [6.07, 6.45) is 0.680. The van der Waals surface area contributed by atoms with Gasteiger partial charge in [-0.3, -0.25) is 9.48 Å². The second kappa shape index (κ2) is 6.35. The molecular formula is C19H23N3O3. The van der Waals surface area contributed by atoms with Crippen LogP contribution in [-0.2, 0) is 24.8 Å². The van der Waals surface area contributed by atoms with Crippen LogP contribution in [-0.4, -0.2) is 38.2 Å². The number of carboxylic acid groups (broad SMARTS) is 1. The summed E-state index contributed by atoms with van der Waals surface area (Å²) in [5, 5.41) is 13.8. The fourth-order valence-electron chi connectivity index (χ4n) is 3.78. The summed E-state index contributed by atoms with van der Waals surface area (Å²) in [5.41, 5.74) is 4.87. The first-order valence-electron chi connectivity index (χ1n) is 8.44. The van der Waals surface area contributed by atoms with Crippen molar-refractivity contribution in [2.45, 2.75) is 39.7 Å². The van der Waals surface area contributed by atoms with Gasteiger partial charge in [0.25, 0.3) is 0 Å². The summed E-state index contributed by atoms with van der Waals surface area (Å²) in [4.78, 5) is 26.3. The van der Waals surface area contributed by atoms with Gasteiger partial charge in [0.15, 0.2) is 0 Å². The van der Waals surface area contributed by atoms with Crippen molar-refractivity contribution in [2.75, 3.05) is 6.54 Å². The largest absolute Gasteiger partial charge is 0.478 e. The third kappa shape index (κ3) is 2.92. The molecule has 0 fully saturated rings. The minimum absolute atomic E-state index is 0.0186. The van der Waals surface area contributed by atoms with Crippen LogP contribution >= 0.6 is 0 Å². The Morgan fingerprint density at radius 3 is 2.60 bits per heavy atom. The lowest BCUT2D eigenvalue weighted by Gasteiger charge is -2.32. The highest BCUT2D eigenvalue weighted by Gasteiger charge is 2.30. The van der Waals surface area contributed by atoms with Gasteiger partial charge in [0.2, 0.25) is 5.91 Å². The molecule has 2 aromatic rings. The maximum atomic E-state index is 13.0. The number of amides is 1. The van der Waals surface area contributed by atoms with Crippen molar-refractivity contribution in [2.24, 2.45) is 7.05 Å². The second-order valence-electron chi connectivity index (χ2n) is 6.69. The average molecular weight is 341 g/mol. The standard InChI is InChI=1S/C19H23N3O3/c1-11(17-12(2)20-21(4)13(17)3)18(23)22-9-8-14-6-5-7-15(19(24)25)16(14)10-22/h5-7,11H,8-10H2,1-4H3,(H,24,25). The molecular weight excluding hydrogens is 318 g/mol. The minimum atomic E-state index is -0.946. The molecule has 0 saturated heterocycles. The van der Waals surface area contributed by atoms with Gasteiger partial charge < -0.3 is 10.0 Å². The van der Waals surface area contributed by atoms with Crippen LogP contribution in [0.15, 0.2) is 18.2 Å². The summed E-state index contributed by atoms with van der Waals surface area (Å²) < 4.78 is 1.79. The van der Waals surface area contributed by atoms with Crippen LogP contribution in [0.3, 0.4) is 0 Å². The van der Waals surface area contributed by atoms with Gasteiger partial charge in [0.05, 0.1) is 17.2 Å². The predicted octanol–water partition coefficient (Wildman–Crippen LogP) is 2.42. The van der Waals surface area contributed by atoms with E-state index in [-0.39, 0.29) is 17.4 Å². The Bertz CT molecular complexity index is 854. The quantitative estimate of drug-likeness (QED) is 0.930. The highest BCUT2D eigenvalue weighted by Crippen LogP contribution is 2.28. The Morgan fingerprint density at radius 1 is 1.28 bits per heavy atom. The van der Waals surface area contributed by atoms with Gasteiger partial charge in [0.1, 0.15) is 0 Å². The van der Waals surface area contributed by atoms with Crippen molar-refractivity contribution in [3.8, 4) is 0 Å². The van der Waals surface area contributed by atoms with Crippen LogP contribution < -0.4 is 0 Å². The lowest BCUT2D eigenvalue weighted by molar-refractivity contribution is -0.133. The van der Waals surface area contributed by atoms with Crippen LogP contribution in [0.5, 0.6) is 0 Å². The Balaban J connectivity index is 1.89. The normalized spacial score (nSPS) is 15.0. The Hall–Kier alpha value is -2.63. The molecule has 0 aliphatic carbocycles. The number of aromatic nitrogens is 2. The number of carbonyl (C=O) groups is 2. The van der Waals surface area contributed by atoms with Gasteiger partial charge >= 0.3 is 5.97 Å². The smallest absolute Gasteiger partial charge is 0.336 e. The fourth-order valence-corrected chi connectivity index (χ4v) is 3.78. The maximum Gasteiger partial charge on any atom is 0.336 e. The van der Waals surface area contributed by atoms with Gasteiger partial charge in [-0.2, -0.15) is 5.10 Å². The molecule has 1 aromatic carbocycles. The lowest BCUT2D eigenvalue weighted by Crippen LogP contribution is -2.39. The van der Waals surface area contributed by atoms with Gasteiger partial charge in [-0.1, -0.05) is 12.1 Å². The van der Waals surface area contributed by atoms with Crippen molar-refractivity contribution in [1.29, 1.82) is 0 Å². The second-order valence-corrected chi connectivity index (χ2v) is 6.69. The maximum absolute atomic E-state index is 13.0. The van der Waals surface area contributed by atoms with Crippen molar-refractivity contribution in [3.63, 3.8) is 0 Å². The number of hydrogen-bond donors (Lipinski definition) is 1. The topological polar surface area (TPSA) is 75.4 Å². The Labute approximate surface area is 147 Å². The van der Waals surface area contributed by atoms with E-state index in [4.69, 9.17) is 0 Å². The molecule has 0 spiro atoms. The molecule has 1 N–H and O–H groups in total. The number of carboxylic acids is 1. The summed E-state index contributed by atoms with van der Waals surface area (Å²) in [5.74, 6) is -1.23. The first-order valence-corrected chi connectivity index (χ1v) is 8.44. The van der Waals surface area contributed by atoms with E-state index in [1.165, 1.54) is 0 Å². The van der Waals surface area contributed by atoms with Crippen molar-refractivity contribution in [3.05, 3.63) is 51.8 Å². The molecule has 132 valence electrons. The van der Waals surface area contributed by atoms with Crippen LogP contribution in [0.1, 0.15) is 51.3 Å². The Kier molecular flexibility index (Phi) is 4.37. The lowest BCUT2D eigenvalue weighted by atomic mass is 9.92. The number of hydrogen-bond acceptors (Lipinski definition) is 3. The van der Waals surface area contributed by atoms with E-state index < -0.39 is 5.97 Å². The number of fused-ring (bicyclic) bond motifs is 1. The first-order chi connectivity index (χ1) is 11.8. The SMILES string of the molecule is Cc1nn(C)c(C)c1C(C)C(=O)N1CCc2cccc(C(=O)O)c2C1. The molecule has 6 heteroatoms. The molecule has 1 amide bonds. The number of nitrogens with zero attached hydrogens (tertiary/aromatic N) is 3. The predicted molar refractivity (Wildman–Crippen MR) is 93.6 cm³/mol. The van der Waals surface area contributed by atoms with E-state index in [1.54, 1.807) is 21.7 Å². The molecule has 0 saturated carbocycles. The highest BCUT2D eigenvalue weighted by molar-refractivity contribution is 5.90. The highest BCUT2D eigenvalue weighted by atomic mass is 16.4. The van der Waals surface area contributed by atoms with Gasteiger partial charge in [-0.15, -0.1) is 0 Å². The van der Waals surface area contributed by atoms with Crippen LogP contribution in [0, 0.1) is 13.8 Å². The molecule has 1 aliphatic heterocycles. The van der Waals surface area contributed by atoms with E-state index >= 15 is 0 Å². The number of rotatable bonds is 3. The molecule has 1 aromatic heterocycles. The van der Waals surface area contributed by atoms with Crippen molar-refractivity contribution < 1.29 is 14.7 Å². The van der Waals surface area contributed by atoms with Crippen molar-refractivity contribution in [1.82, 2.24) is 14.7 Å². The first kappa shape index (κ1) is 17.2. The number of carbonyl (C=O) groups excluding carboxylic acids is 1. The van der Waals surface area contributed by atoms with Gasteiger partial charge in [-0.05, 0) is 44.4 Å². The molecule has 1 aliphatic rings. The summed E-state index contributed by atoms with van der Waals surface area (Å²) in [6, 6.07) is 5.32. The fraction of sp³-hybridized carbons (Fsp3) is 0.421. The molecule has 1 atom stereocenters. The van der Waals surface area contributed by atoms with Crippen molar-refractivity contribution >= 4 is 11.9 Å². The zero-order valence-electron chi connectivity index (χ0n) is 15.0. The van der Waals surface area contributed by atoms with E-state index in [0.717, 1.165) is 28.1 Å². The van der Waals surface area contributed by atoms with Crippen LogP contribution in [0.2, 0.25) is 0 Å². The van der Waals surface area contributed by atoms with E-state index in [2.05, 4.69) is 5.10 Å². The molecule has 1 unspecified atom stereocenters. The average Bonchev–Trinajstić information content (AvgIpc) is 2.84. The summed E-state index contributed by atoms with van der Waals surface area (Å²) in [6.45, 7) is 6.74. The zero-order valence-corrected chi connectivity index (χ0v) is 15.0. The third-order valence-electron chi connectivity index (χ3n) is 5.18. The Morgan fingerprint density at radius 2 is 2.00 bits per heavy atom. The van der Waals surface area contributed by atoms with Crippen LogP contribution in [0.25, 0.3) is 0 Å². The number of aryl methyl sites for hydroxylation is 2.